The fourth-order valence-corrected chi connectivity index (χ4v) is 3.41. The number of fused-ring (bicyclic) bond motifs is 3. The third-order valence-electron chi connectivity index (χ3n) is 4.61. The van der Waals surface area contributed by atoms with Crippen LogP contribution in [0.25, 0.3) is 11.1 Å². The quantitative estimate of drug-likeness (QED) is 0.525. The van der Waals surface area contributed by atoms with E-state index in [1.165, 1.54) is 19.1 Å². The predicted octanol–water partition coefficient (Wildman–Crippen LogP) is 2.00. The summed E-state index contributed by atoms with van der Waals surface area (Å²) in [6, 6.07) is 5.64. The van der Waals surface area contributed by atoms with Gasteiger partial charge in [-0.1, -0.05) is 6.07 Å². The van der Waals surface area contributed by atoms with E-state index in [0.717, 1.165) is 0 Å². The van der Waals surface area contributed by atoms with Crippen molar-refractivity contribution in [3.8, 4) is 28.4 Å². The molecule has 1 aliphatic carbocycles. The SMILES string of the molecule is CNc1ccc2c(cc1=O)[C@@H](NC(C)=O)CCc1cc(O)c(O)c(O)c1-2. The number of phenols is 3. The summed E-state index contributed by atoms with van der Waals surface area (Å²) in [6.45, 7) is 1.40. The Bertz CT molecular complexity index is 955. The van der Waals surface area contributed by atoms with Gasteiger partial charge in [0.15, 0.2) is 11.5 Å². The van der Waals surface area contributed by atoms with Gasteiger partial charge in [0.05, 0.1) is 11.7 Å². The van der Waals surface area contributed by atoms with Crippen molar-refractivity contribution in [2.24, 2.45) is 0 Å². The molecule has 136 valence electrons. The van der Waals surface area contributed by atoms with E-state index in [-0.39, 0.29) is 11.3 Å². The van der Waals surface area contributed by atoms with Crippen molar-refractivity contribution in [1.82, 2.24) is 5.32 Å². The monoisotopic (exact) mass is 356 g/mol. The molecule has 0 saturated carbocycles. The Hall–Kier alpha value is -3.22. The highest BCUT2D eigenvalue weighted by Crippen LogP contribution is 2.48. The first kappa shape index (κ1) is 17.6. The van der Waals surface area contributed by atoms with E-state index >= 15 is 0 Å². The molecule has 26 heavy (non-hydrogen) atoms. The van der Waals surface area contributed by atoms with Crippen LogP contribution < -0.4 is 16.1 Å². The second-order valence-corrected chi connectivity index (χ2v) is 6.29. The fourth-order valence-electron chi connectivity index (χ4n) is 3.41. The molecule has 3 rings (SSSR count). The maximum Gasteiger partial charge on any atom is 0.217 e. The van der Waals surface area contributed by atoms with Gasteiger partial charge in [-0.15, -0.1) is 0 Å². The molecule has 2 aromatic carbocycles. The number of rotatable bonds is 2. The second-order valence-electron chi connectivity index (χ2n) is 6.29. The van der Waals surface area contributed by atoms with Gasteiger partial charge in [0, 0.05) is 19.5 Å². The molecule has 0 heterocycles. The van der Waals surface area contributed by atoms with Gasteiger partial charge < -0.3 is 26.0 Å². The van der Waals surface area contributed by atoms with Crippen molar-refractivity contribution in [2.75, 3.05) is 12.4 Å². The normalized spacial score (nSPS) is 15.4. The first-order valence-electron chi connectivity index (χ1n) is 8.23. The number of aryl methyl sites for hydroxylation is 1. The topological polar surface area (TPSA) is 119 Å². The molecule has 7 heteroatoms. The Morgan fingerprint density at radius 3 is 2.54 bits per heavy atom. The van der Waals surface area contributed by atoms with Crippen LogP contribution in [0.5, 0.6) is 17.2 Å². The first-order chi connectivity index (χ1) is 12.3. The number of anilines is 1. The van der Waals surface area contributed by atoms with Gasteiger partial charge in [-0.3, -0.25) is 9.59 Å². The zero-order chi connectivity index (χ0) is 19.0. The van der Waals surface area contributed by atoms with Crippen molar-refractivity contribution in [3.63, 3.8) is 0 Å². The molecule has 0 aromatic heterocycles. The number of carbonyl (C=O) groups excluding carboxylic acids is 1. The summed E-state index contributed by atoms with van der Waals surface area (Å²) in [5.41, 5.74) is 2.14. The van der Waals surface area contributed by atoms with Gasteiger partial charge in [-0.2, -0.15) is 0 Å². The van der Waals surface area contributed by atoms with Crippen molar-refractivity contribution < 1.29 is 20.1 Å². The number of amides is 1. The predicted molar refractivity (Wildman–Crippen MR) is 97.6 cm³/mol. The lowest BCUT2D eigenvalue weighted by atomic mass is 9.95. The molecule has 1 aliphatic rings. The van der Waals surface area contributed by atoms with Crippen molar-refractivity contribution >= 4 is 11.6 Å². The molecule has 0 saturated heterocycles. The lowest BCUT2D eigenvalue weighted by Gasteiger charge is -2.17. The summed E-state index contributed by atoms with van der Waals surface area (Å²) >= 11 is 0. The van der Waals surface area contributed by atoms with Crippen molar-refractivity contribution in [2.45, 2.75) is 25.8 Å². The molecule has 0 fully saturated rings. The number of nitrogens with one attached hydrogen (secondary N) is 2. The summed E-state index contributed by atoms with van der Waals surface area (Å²) in [4.78, 5) is 24.1. The highest BCUT2D eigenvalue weighted by atomic mass is 16.3. The average molecular weight is 356 g/mol. The molecule has 5 N–H and O–H groups in total. The van der Waals surface area contributed by atoms with Crippen molar-refractivity contribution in [3.05, 3.63) is 45.6 Å². The molecule has 0 spiro atoms. The Morgan fingerprint density at radius 1 is 1.15 bits per heavy atom. The van der Waals surface area contributed by atoms with Gasteiger partial charge in [0.1, 0.15) is 0 Å². The first-order valence-corrected chi connectivity index (χ1v) is 8.23. The van der Waals surface area contributed by atoms with Crippen LogP contribution in [-0.4, -0.2) is 28.3 Å². The minimum absolute atomic E-state index is 0.241. The van der Waals surface area contributed by atoms with Crippen LogP contribution in [0.3, 0.4) is 0 Å². The second kappa shape index (κ2) is 6.59. The highest BCUT2D eigenvalue weighted by molar-refractivity contribution is 5.83. The Balaban J connectivity index is 2.38. The summed E-state index contributed by atoms with van der Waals surface area (Å²) in [5.74, 6) is -1.72. The van der Waals surface area contributed by atoms with Gasteiger partial charge >= 0.3 is 0 Å². The molecule has 1 amide bonds. The number of carbonyl (C=O) groups is 1. The van der Waals surface area contributed by atoms with Crippen LogP contribution in [0.1, 0.15) is 30.5 Å². The van der Waals surface area contributed by atoms with Crippen LogP contribution in [0, 0.1) is 0 Å². The summed E-state index contributed by atoms with van der Waals surface area (Å²) in [7, 11) is 1.63. The van der Waals surface area contributed by atoms with E-state index in [9.17, 15) is 24.9 Å². The summed E-state index contributed by atoms with van der Waals surface area (Å²) in [5, 5.41) is 35.9. The van der Waals surface area contributed by atoms with Gasteiger partial charge in [0.2, 0.25) is 17.1 Å². The van der Waals surface area contributed by atoms with Gasteiger partial charge in [0.25, 0.3) is 0 Å². The van der Waals surface area contributed by atoms with E-state index in [1.54, 1.807) is 19.2 Å². The largest absolute Gasteiger partial charge is 0.504 e. The zero-order valence-corrected chi connectivity index (χ0v) is 14.5. The Kier molecular flexibility index (Phi) is 4.46. The van der Waals surface area contributed by atoms with E-state index in [2.05, 4.69) is 10.6 Å². The maximum absolute atomic E-state index is 12.5. The van der Waals surface area contributed by atoms with Crippen LogP contribution >= 0.6 is 0 Å². The summed E-state index contributed by atoms with van der Waals surface area (Å²) in [6.07, 6.45) is 0.911. The lowest BCUT2D eigenvalue weighted by Crippen LogP contribution is -2.26. The molecule has 0 bridgehead atoms. The summed E-state index contributed by atoms with van der Waals surface area (Å²) < 4.78 is 0. The number of aromatic hydroxyl groups is 3. The van der Waals surface area contributed by atoms with Crippen LogP contribution in [0.2, 0.25) is 0 Å². The molecule has 1 atom stereocenters. The Labute approximate surface area is 149 Å². The number of hydrogen-bond acceptors (Lipinski definition) is 6. The van der Waals surface area contributed by atoms with Gasteiger partial charge in [-0.25, -0.2) is 0 Å². The molecule has 7 nitrogen and oxygen atoms in total. The smallest absolute Gasteiger partial charge is 0.217 e. The molecular formula is C19H20N2O5. The molecule has 0 aliphatic heterocycles. The fraction of sp³-hybridized carbons (Fsp3) is 0.263. The standard InChI is InChI=1S/C19H20N2O5/c1-9(22)21-13-5-3-10-7-16(24)18(25)19(26)17(10)11-4-6-14(20-2)15(23)8-12(11)13/h4,6-8,13,24-26H,3,5H2,1-2H3,(H,20,23)(H,21,22)/t13-/m0/s1. The minimum atomic E-state index is -0.615. The molecule has 0 unspecified atom stereocenters. The lowest BCUT2D eigenvalue weighted by molar-refractivity contribution is -0.119. The molecular weight excluding hydrogens is 336 g/mol. The molecule has 2 aromatic rings. The molecule has 0 radical (unpaired) electrons. The van der Waals surface area contributed by atoms with Gasteiger partial charge in [-0.05, 0) is 47.7 Å². The number of benzene rings is 1. The number of phenolic OH excluding ortho intramolecular Hbond substituents is 3. The van der Waals surface area contributed by atoms with E-state index in [1.807, 2.05) is 0 Å². The van der Waals surface area contributed by atoms with E-state index < -0.39 is 23.3 Å². The minimum Gasteiger partial charge on any atom is -0.504 e. The van der Waals surface area contributed by atoms with Crippen LogP contribution in [0.15, 0.2) is 29.1 Å². The third kappa shape index (κ3) is 2.92. The van der Waals surface area contributed by atoms with E-state index in [4.69, 9.17) is 0 Å². The van der Waals surface area contributed by atoms with Crippen LogP contribution in [0.4, 0.5) is 5.69 Å². The third-order valence-corrected chi connectivity index (χ3v) is 4.61. The van der Waals surface area contributed by atoms with E-state index in [0.29, 0.717) is 40.8 Å². The maximum atomic E-state index is 12.5. The highest BCUT2D eigenvalue weighted by Gasteiger charge is 2.27. The van der Waals surface area contributed by atoms with Crippen molar-refractivity contribution in [1.29, 1.82) is 0 Å². The average Bonchev–Trinajstić information content (AvgIpc) is 2.82. The number of hydrogen-bond donors (Lipinski definition) is 5. The van der Waals surface area contributed by atoms with Crippen LogP contribution in [-0.2, 0) is 11.2 Å². The zero-order valence-electron chi connectivity index (χ0n) is 14.5. The Morgan fingerprint density at radius 2 is 1.88 bits per heavy atom.